The molecule has 0 bridgehead atoms. The van der Waals surface area contributed by atoms with Crippen LogP contribution in [0.25, 0.3) is 11.4 Å². The van der Waals surface area contributed by atoms with Crippen LogP contribution in [0, 0.1) is 13.8 Å². The van der Waals surface area contributed by atoms with E-state index in [2.05, 4.69) is 66.1 Å². The quantitative estimate of drug-likeness (QED) is 0.859. The smallest absolute Gasteiger partial charge is 0.159 e. The van der Waals surface area contributed by atoms with Gasteiger partial charge in [-0.15, -0.1) is 0 Å². The first-order valence-electron chi connectivity index (χ1n) is 7.36. The van der Waals surface area contributed by atoms with Crippen LogP contribution in [0.4, 0.5) is 0 Å². The van der Waals surface area contributed by atoms with Crippen molar-refractivity contribution in [3.8, 4) is 11.4 Å². The molecule has 0 spiro atoms. The number of nitrogens with zero attached hydrogens (tertiary/aromatic N) is 2. The van der Waals surface area contributed by atoms with Crippen LogP contribution >= 0.6 is 15.9 Å². The third kappa shape index (κ3) is 3.89. The average Bonchev–Trinajstić information content (AvgIpc) is 2.44. The third-order valence-corrected chi connectivity index (χ3v) is 4.11. The van der Waals surface area contributed by atoms with Crippen molar-refractivity contribution in [2.24, 2.45) is 0 Å². The van der Waals surface area contributed by atoms with Gasteiger partial charge in [0.05, 0.1) is 0 Å². The summed E-state index contributed by atoms with van der Waals surface area (Å²) in [7, 11) is 0. The first kappa shape index (κ1) is 16.1. The van der Waals surface area contributed by atoms with Crippen molar-refractivity contribution in [1.29, 1.82) is 0 Å². The van der Waals surface area contributed by atoms with Crippen LogP contribution in [-0.4, -0.2) is 16.5 Å². The van der Waals surface area contributed by atoms with Crippen LogP contribution in [0.15, 0.2) is 28.9 Å². The fourth-order valence-electron chi connectivity index (χ4n) is 2.38. The third-order valence-electron chi connectivity index (χ3n) is 3.61. The molecule has 0 saturated heterocycles. The van der Waals surface area contributed by atoms with Crippen LogP contribution in [0.2, 0.25) is 0 Å². The molecule has 0 aliphatic heterocycles. The van der Waals surface area contributed by atoms with Crippen LogP contribution in [0.1, 0.15) is 43.1 Å². The van der Waals surface area contributed by atoms with Gasteiger partial charge in [0.1, 0.15) is 0 Å². The maximum Gasteiger partial charge on any atom is 0.159 e. The zero-order chi connectivity index (χ0) is 15.4. The molecule has 112 valence electrons. The molecule has 2 rings (SSSR count). The highest BCUT2D eigenvalue weighted by Gasteiger charge is 2.12. The van der Waals surface area contributed by atoms with E-state index in [4.69, 9.17) is 4.98 Å². The van der Waals surface area contributed by atoms with Crippen LogP contribution in [0.3, 0.4) is 0 Å². The molecule has 0 radical (unpaired) electrons. The molecule has 1 atom stereocenters. The molecule has 0 saturated carbocycles. The maximum absolute atomic E-state index is 4.70. The molecular weight excluding hydrogens is 326 g/mol. The molecule has 1 aromatic heterocycles. The number of rotatable bonds is 5. The molecule has 1 heterocycles. The molecule has 0 fully saturated rings. The van der Waals surface area contributed by atoms with Gasteiger partial charge in [0.15, 0.2) is 5.82 Å². The summed E-state index contributed by atoms with van der Waals surface area (Å²) < 4.78 is 1.08. The van der Waals surface area contributed by atoms with Gasteiger partial charge in [0.2, 0.25) is 0 Å². The van der Waals surface area contributed by atoms with E-state index >= 15 is 0 Å². The summed E-state index contributed by atoms with van der Waals surface area (Å²) >= 11 is 3.49. The number of benzene rings is 1. The molecule has 0 amide bonds. The van der Waals surface area contributed by atoms with E-state index in [0.717, 1.165) is 34.5 Å². The van der Waals surface area contributed by atoms with E-state index in [1.807, 2.05) is 12.3 Å². The number of hydrogen-bond acceptors (Lipinski definition) is 3. The summed E-state index contributed by atoms with van der Waals surface area (Å²) in [5.74, 6) is 0.795. The Kier molecular flexibility index (Phi) is 5.48. The Bertz CT molecular complexity index is 625. The lowest BCUT2D eigenvalue weighted by Crippen LogP contribution is -2.20. The van der Waals surface area contributed by atoms with Crippen LogP contribution < -0.4 is 5.32 Å². The molecular formula is C17H22BrN3. The zero-order valence-corrected chi connectivity index (χ0v) is 14.7. The second-order valence-electron chi connectivity index (χ2n) is 5.37. The Labute approximate surface area is 135 Å². The van der Waals surface area contributed by atoms with Crippen molar-refractivity contribution >= 4 is 15.9 Å². The van der Waals surface area contributed by atoms with Crippen molar-refractivity contribution in [1.82, 2.24) is 15.3 Å². The molecule has 1 unspecified atom stereocenters. The summed E-state index contributed by atoms with van der Waals surface area (Å²) in [5.41, 5.74) is 4.47. The lowest BCUT2D eigenvalue weighted by molar-refractivity contribution is 0.564. The number of aryl methyl sites for hydroxylation is 2. The van der Waals surface area contributed by atoms with Gasteiger partial charge in [0.25, 0.3) is 0 Å². The van der Waals surface area contributed by atoms with Gasteiger partial charge in [-0.1, -0.05) is 22.9 Å². The second-order valence-corrected chi connectivity index (χ2v) is 6.29. The van der Waals surface area contributed by atoms with Crippen LogP contribution in [-0.2, 0) is 0 Å². The summed E-state index contributed by atoms with van der Waals surface area (Å²) in [4.78, 5) is 9.26. The van der Waals surface area contributed by atoms with Crippen LogP contribution in [0.5, 0.6) is 0 Å². The Morgan fingerprint density at radius 3 is 2.67 bits per heavy atom. The van der Waals surface area contributed by atoms with Crippen molar-refractivity contribution in [3.05, 3.63) is 45.7 Å². The van der Waals surface area contributed by atoms with Gasteiger partial charge in [-0.25, -0.2) is 9.97 Å². The van der Waals surface area contributed by atoms with Gasteiger partial charge >= 0.3 is 0 Å². The summed E-state index contributed by atoms with van der Waals surface area (Å²) in [6.07, 6.45) is 3.08. The molecule has 3 nitrogen and oxygen atoms in total. The molecule has 1 aromatic carbocycles. The number of halogens is 1. The van der Waals surface area contributed by atoms with Gasteiger partial charge < -0.3 is 5.32 Å². The second kappa shape index (κ2) is 7.14. The van der Waals surface area contributed by atoms with Crippen molar-refractivity contribution in [2.45, 2.75) is 40.2 Å². The maximum atomic E-state index is 4.70. The topological polar surface area (TPSA) is 37.8 Å². The zero-order valence-electron chi connectivity index (χ0n) is 13.1. The normalized spacial score (nSPS) is 12.4. The molecule has 0 aliphatic carbocycles. The molecule has 21 heavy (non-hydrogen) atoms. The van der Waals surface area contributed by atoms with Crippen molar-refractivity contribution in [2.75, 3.05) is 6.54 Å². The van der Waals surface area contributed by atoms with Crippen molar-refractivity contribution < 1.29 is 0 Å². The predicted molar refractivity (Wildman–Crippen MR) is 91.4 cm³/mol. The first-order chi connectivity index (χ1) is 10.0. The molecule has 0 aliphatic rings. The summed E-state index contributed by atoms with van der Waals surface area (Å²) in [5, 5.41) is 3.48. The lowest BCUT2D eigenvalue weighted by Gasteiger charge is -2.16. The minimum Gasteiger partial charge on any atom is -0.310 e. The number of nitrogens with one attached hydrogen (secondary N) is 1. The van der Waals surface area contributed by atoms with E-state index in [0.29, 0.717) is 0 Å². The Balaban J connectivity index is 2.30. The molecule has 2 aromatic rings. The summed E-state index contributed by atoms with van der Waals surface area (Å²) in [6, 6.07) is 6.46. The standard InChI is InChI=1S/C17H22BrN3/c1-5-8-19-12(3)16-10-20-17(21-13(16)4)15-7-6-14(18)9-11(15)2/h6-7,9-10,12,19H,5,8H2,1-4H3. The Hall–Kier alpha value is -1.26. The highest BCUT2D eigenvalue weighted by atomic mass is 79.9. The fourth-order valence-corrected chi connectivity index (χ4v) is 2.86. The molecule has 4 heteroatoms. The largest absolute Gasteiger partial charge is 0.310 e. The van der Waals surface area contributed by atoms with Gasteiger partial charge in [0, 0.05) is 33.5 Å². The van der Waals surface area contributed by atoms with Gasteiger partial charge in [-0.05, 0) is 57.5 Å². The monoisotopic (exact) mass is 347 g/mol. The van der Waals surface area contributed by atoms with E-state index in [1.54, 1.807) is 0 Å². The Morgan fingerprint density at radius 2 is 2.05 bits per heavy atom. The first-order valence-corrected chi connectivity index (χ1v) is 8.15. The lowest BCUT2D eigenvalue weighted by atomic mass is 10.1. The average molecular weight is 348 g/mol. The van der Waals surface area contributed by atoms with E-state index in [9.17, 15) is 0 Å². The Morgan fingerprint density at radius 1 is 1.29 bits per heavy atom. The minimum atomic E-state index is 0.282. The van der Waals surface area contributed by atoms with E-state index < -0.39 is 0 Å². The summed E-state index contributed by atoms with van der Waals surface area (Å²) in [6.45, 7) is 9.47. The van der Waals surface area contributed by atoms with Gasteiger partial charge in [-0.2, -0.15) is 0 Å². The highest BCUT2D eigenvalue weighted by molar-refractivity contribution is 9.10. The highest BCUT2D eigenvalue weighted by Crippen LogP contribution is 2.25. The fraction of sp³-hybridized carbons (Fsp3) is 0.412. The SMILES string of the molecule is CCCNC(C)c1cnc(-c2ccc(Br)cc2C)nc1C. The number of hydrogen-bond donors (Lipinski definition) is 1. The van der Waals surface area contributed by atoms with E-state index in [-0.39, 0.29) is 6.04 Å². The van der Waals surface area contributed by atoms with Crippen molar-refractivity contribution in [3.63, 3.8) is 0 Å². The molecule has 1 N–H and O–H groups in total. The van der Waals surface area contributed by atoms with E-state index in [1.165, 1.54) is 11.1 Å². The van der Waals surface area contributed by atoms with Gasteiger partial charge in [-0.3, -0.25) is 0 Å². The minimum absolute atomic E-state index is 0.282. The number of aromatic nitrogens is 2. The predicted octanol–water partition coefficient (Wildman–Crippen LogP) is 4.58.